The number of hydrogen-bond donors (Lipinski definition) is 2. The van der Waals surface area contributed by atoms with Crippen molar-refractivity contribution in [2.45, 2.75) is 38.1 Å². The van der Waals surface area contributed by atoms with E-state index in [0.717, 1.165) is 18.4 Å². The van der Waals surface area contributed by atoms with Gasteiger partial charge in [-0.25, -0.2) is 0 Å². The molecule has 2 N–H and O–H groups in total. The summed E-state index contributed by atoms with van der Waals surface area (Å²) in [7, 11) is 0. The van der Waals surface area contributed by atoms with Gasteiger partial charge in [-0.2, -0.15) is 0 Å². The number of halogens is 1. The molecular formula is C20H21ClN2O2. The maximum atomic E-state index is 12.4. The van der Waals surface area contributed by atoms with Crippen LogP contribution in [0.4, 0.5) is 5.69 Å². The van der Waals surface area contributed by atoms with Crippen LogP contribution < -0.4 is 10.6 Å². The average Bonchev–Trinajstić information content (AvgIpc) is 3.37. The van der Waals surface area contributed by atoms with Gasteiger partial charge in [0.05, 0.1) is 5.41 Å². The van der Waals surface area contributed by atoms with Gasteiger partial charge < -0.3 is 10.6 Å². The molecule has 1 fully saturated rings. The van der Waals surface area contributed by atoms with E-state index in [9.17, 15) is 9.59 Å². The summed E-state index contributed by atoms with van der Waals surface area (Å²) in [6.07, 6.45) is 1.72. The quantitative estimate of drug-likeness (QED) is 0.845. The lowest BCUT2D eigenvalue weighted by Crippen LogP contribution is -2.38. The van der Waals surface area contributed by atoms with Gasteiger partial charge in [0, 0.05) is 22.3 Å². The first kappa shape index (κ1) is 17.5. The summed E-state index contributed by atoms with van der Waals surface area (Å²) < 4.78 is 0. The van der Waals surface area contributed by atoms with Crippen LogP contribution in [0.2, 0.25) is 5.02 Å². The second-order valence-electron chi connectivity index (χ2n) is 6.75. The molecule has 0 spiro atoms. The van der Waals surface area contributed by atoms with Gasteiger partial charge in [0.15, 0.2) is 0 Å². The number of amides is 2. The lowest BCUT2D eigenvalue weighted by Gasteiger charge is -2.18. The topological polar surface area (TPSA) is 58.2 Å². The first-order chi connectivity index (χ1) is 11.9. The van der Waals surface area contributed by atoms with Crippen LogP contribution >= 0.6 is 11.6 Å². The number of carbonyl (C=O) groups is 2. The zero-order valence-corrected chi connectivity index (χ0v) is 15.1. The van der Waals surface area contributed by atoms with E-state index in [1.807, 2.05) is 38.1 Å². The van der Waals surface area contributed by atoms with Gasteiger partial charge >= 0.3 is 0 Å². The molecule has 25 heavy (non-hydrogen) atoms. The zero-order chi connectivity index (χ0) is 18.0. The number of carbonyl (C=O) groups excluding carboxylic acids is 2. The van der Waals surface area contributed by atoms with Crippen LogP contribution in [-0.4, -0.2) is 17.9 Å². The minimum absolute atomic E-state index is 0.0817. The molecule has 0 aliphatic heterocycles. The molecular weight excluding hydrogens is 336 g/mol. The van der Waals surface area contributed by atoms with E-state index in [1.54, 1.807) is 24.3 Å². The van der Waals surface area contributed by atoms with Gasteiger partial charge in [-0.05, 0) is 62.6 Å². The Morgan fingerprint density at radius 1 is 1.08 bits per heavy atom. The average molecular weight is 357 g/mol. The Hall–Kier alpha value is -2.33. The molecule has 0 heterocycles. The molecule has 1 aliphatic rings. The predicted octanol–water partition coefficient (Wildman–Crippen LogP) is 4.15. The van der Waals surface area contributed by atoms with Crippen LogP contribution in [0.15, 0.2) is 48.5 Å². The van der Waals surface area contributed by atoms with Crippen molar-refractivity contribution in [3.8, 4) is 0 Å². The van der Waals surface area contributed by atoms with Crippen molar-refractivity contribution < 1.29 is 9.59 Å². The van der Waals surface area contributed by atoms with Crippen molar-refractivity contribution >= 4 is 29.1 Å². The molecule has 0 unspecified atom stereocenters. The monoisotopic (exact) mass is 356 g/mol. The second kappa shape index (κ2) is 6.89. The Balaban J connectivity index is 1.71. The summed E-state index contributed by atoms with van der Waals surface area (Å²) in [4.78, 5) is 24.7. The summed E-state index contributed by atoms with van der Waals surface area (Å²) in [6.45, 7) is 3.92. The predicted molar refractivity (Wildman–Crippen MR) is 100 cm³/mol. The third-order valence-electron chi connectivity index (χ3n) is 4.39. The van der Waals surface area contributed by atoms with Crippen LogP contribution in [-0.2, 0) is 10.2 Å². The number of anilines is 1. The van der Waals surface area contributed by atoms with E-state index < -0.39 is 5.41 Å². The van der Waals surface area contributed by atoms with E-state index in [2.05, 4.69) is 10.6 Å². The highest BCUT2D eigenvalue weighted by Crippen LogP contribution is 2.48. The second-order valence-corrected chi connectivity index (χ2v) is 7.19. The molecule has 0 radical (unpaired) electrons. The molecule has 2 aromatic rings. The lowest BCUT2D eigenvalue weighted by molar-refractivity contribution is -0.124. The molecule has 2 aromatic carbocycles. The van der Waals surface area contributed by atoms with Crippen molar-refractivity contribution in [1.29, 1.82) is 0 Å². The van der Waals surface area contributed by atoms with Crippen molar-refractivity contribution in [3.63, 3.8) is 0 Å². The molecule has 1 aliphatic carbocycles. The van der Waals surface area contributed by atoms with E-state index in [1.165, 1.54) is 0 Å². The number of hydrogen-bond acceptors (Lipinski definition) is 2. The third-order valence-corrected chi connectivity index (χ3v) is 4.62. The zero-order valence-electron chi connectivity index (χ0n) is 14.3. The molecule has 5 heteroatoms. The fourth-order valence-electron chi connectivity index (χ4n) is 2.88. The fourth-order valence-corrected chi connectivity index (χ4v) is 3.07. The highest BCUT2D eigenvalue weighted by Gasteiger charge is 2.51. The Morgan fingerprint density at radius 2 is 1.76 bits per heavy atom. The Labute approximate surface area is 152 Å². The van der Waals surface area contributed by atoms with Gasteiger partial charge in [-0.1, -0.05) is 29.8 Å². The molecule has 3 rings (SSSR count). The van der Waals surface area contributed by atoms with Gasteiger partial charge in [0.2, 0.25) is 5.91 Å². The van der Waals surface area contributed by atoms with Crippen molar-refractivity contribution in [2.24, 2.45) is 0 Å². The van der Waals surface area contributed by atoms with Crippen LogP contribution in [0.3, 0.4) is 0 Å². The van der Waals surface area contributed by atoms with Crippen LogP contribution in [0.1, 0.15) is 42.6 Å². The van der Waals surface area contributed by atoms with E-state index >= 15 is 0 Å². The lowest BCUT2D eigenvalue weighted by atomic mass is 9.94. The molecule has 0 atom stereocenters. The van der Waals surface area contributed by atoms with E-state index in [4.69, 9.17) is 11.6 Å². The Kier molecular flexibility index (Phi) is 4.82. The van der Waals surface area contributed by atoms with Gasteiger partial charge in [0.1, 0.15) is 0 Å². The van der Waals surface area contributed by atoms with Crippen LogP contribution in [0.5, 0.6) is 0 Å². The minimum atomic E-state index is -0.403. The summed E-state index contributed by atoms with van der Waals surface area (Å²) in [6, 6.07) is 14.4. The fraction of sp³-hybridized carbons (Fsp3) is 0.300. The van der Waals surface area contributed by atoms with Crippen molar-refractivity contribution in [2.75, 3.05) is 5.32 Å². The molecule has 0 bridgehead atoms. The van der Waals surface area contributed by atoms with Crippen LogP contribution in [0, 0.1) is 0 Å². The van der Waals surface area contributed by atoms with Gasteiger partial charge in [-0.3, -0.25) is 9.59 Å². The summed E-state index contributed by atoms with van der Waals surface area (Å²) in [5.74, 6) is -0.132. The summed E-state index contributed by atoms with van der Waals surface area (Å²) in [5, 5.41) is 6.37. The van der Waals surface area contributed by atoms with Crippen LogP contribution in [0.25, 0.3) is 0 Å². The van der Waals surface area contributed by atoms with Gasteiger partial charge in [-0.15, -0.1) is 0 Å². The molecule has 130 valence electrons. The standard InChI is InChI=1S/C20H21ClN2O2/c1-13(2)22-19(25)20(10-11-20)15-6-8-17(9-7-15)23-18(24)14-4-3-5-16(21)12-14/h3-9,12-13H,10-11H2,1-2H3,(H,22,25)(H,23,24). The molecule has 0 aromatic heterocycles. The normalized spacial score (nSPS) is 14.9. The van der Waals surface area contributed by atoms with Gasteiger partial charge in [0.25, 0.3) is 5.91 Å². The Bertz CT molecular complexity index is 796. The number of benzene rings is 2. The minimum Gasteiger partial charge on any atom is -0.353 e. The SMILES string of the molecule is CC(C)NC(=O)C1(c2ccc(NC(=O)c3cccc(Cl)c3)cc2)CC1. The highest BCUT2D eigenvalue weighted by atomic mass is 35.5. The smallest absolute Gasteiger partial charge is 0.255 e. The van der Waals surface area contributed by atoms with Crippen molar-refractivity contribution in [3.05, 3.63) is 64.7 Å². The molecule has 1 saturated carbocycles. The summed E-state index contributed by atoms with van der Waals surface area (Å²) >= 11 is 5.92. The Morgan fingerprint density at radius 3 is 2.32 bits per heavy atom. The first-order valence-corrected chi connectivity index (χ1v) is 8.77. The third kappa shape index (κ3) is 3.85. The number of rotatable bonds is 5. The molecule has 4 nitrogen and oxygen atoms in total. The number of nitrogens with one attached hydrogen (secondary N) is 2. The highest BCUT2D eigenvalue weighted by molar-refractivity contribution is 6.31. The van der Waals surface area contributed by atoms with Crippen molar-refractivity contribution in [1.82, 2.24) is 5.32 Å². The maximum Gasteiger partial charge on any atom is 0.255 e. The first-order valence-electron chi connectivity index (χ1n) is 8.39. The molecule has 2 amide bonds. The summed E-state index contributed by atoms with van der Waals surface area (Å²) in [5.41, 5.74) is 1.78. The largest absolute Gasteiger partial charge is 0.353 e. The maximum absolute atomic E-state index is 12.4. The van der Waals surface area contributed by atoms with E-state index in [-0.39, 0.29) is 17.9 Å². The van der Waals surface area contributed by atoms with E-state index in [0.29, 0.717) is 16.3 Å². The molecule has 0 saturated heterocycles.